The van der Waals surface area contributed by atoms with Crippen molar-refractivity contribution in [1.29, 1.82) is 0 Å². The molecule has 0 aliphatic heterocycles. The van der Waals surface area contributed by atoms with Crippen LogP contribution in [0.4, 0.5) is 0 Å². The molecule has 0 bridgehead atoms. The van der Waals surface area contributed by atoms with Gasteiger partial charge in [-0.15, -0.1) is 0 Å². The van der Waals surface area contributed by atoms with Crippen molar-refractivity contribution in [2.75, 3.05) is 6.61 Å². The third-order valence-electron chi connectivity index (χ3n) is 2.85. The molecule has 80 valence electrons. The Morgan fingerprint density at radius 2 is 2.07 bits per heavy atom. The molecule has 1 aromatic carbocycles. The molecule has 0 aromatic heterocycles. The predicted molar refractivity (Wildman–Crippen MR) is 63.7 cm³/mol. The summed E-state index contributed by atoms with van der Waals surface area (Å²) < 4.78 is 5.66. The fraction of sp³-hybridized carbons (Fsp3) is 0.429. The van der Waals surface area contributed by atoms with E-state index >= 15 is 0 Å². The van der Waals surface area contributed by atoms with Gasteiger partial charge in [-0.25, -0.2) is 0 Å². The first-order valence-electron chi connectivity index (χ1n) is 5.78. The van der Waals surface area contributed by atoms with Gasteiger partial charge in [0.25, 0.3) is 0 Å². The molecule has 0 amide bonds. The van der Waals surface area contributed by atoms with Gasteiger partial charge >= 0.3 is 0 Å². The molecule has 1 atom stereocenters. The monoisotopic (exact) mass is 202 g/mol. The van der Waals surface area contributed by atoms with Gasteiger partial charge in [-0.2, -0.15) is 0 Å². The second-order valence-electron chi connectivity index (χ2n) is 3.94. The molecule has 1 heteroatoms. The van der Waals surface area contributed by atoms with Crippen LogP contribution in [0.3, 0.4) is 0 Å². The predicted octanol–water partition coefficient (Wildman–Crippen LogP) is 3.66. The van der Waals surface area contributed by atoms with Gasteiger partial charge in [0.15, 0.2) is 0 Å². The highest BCUT2D eigenvalue weighted by atomic mass is 16.5. The fourth-order valence-corrected chi connectivity index (χ4v) is 2.12. The smallest absolute Gasteiger partial charge is 0.0761 e. The molecule has 2 rings (SSSR count). The van der Waals surface area contributed by atoms with E-state index in [1.807, 2.05) is 0 Å². The minimum Gasteiger partial charge on any atom is -0.374 e. The lowest BCUT2D eigenvalue weighted by Gasteiger charge is -2.21. The highest BCUT2D eigenvalue weighted by Gasteiger charge is 2.14. The lowest BCUT2D eigenvalue weighted by atomic mass is 9.92. The van der Waals surface area contributed by atoms with Crippen LogP contribution >= 0.6 is 0 Å². The van der Waals surface area contributed by atoms with Gasteiger partial charge in [0.05, 0.1) is 6.10 Å². The van der Waals surface area contributed by atoms with Crippen LogP contribution in [0.2, 0.25) is 0 Å². The first-order chi connectivity index (χ1) is 7.40. The normalized spacial score (nSPS) is 21.1. The van der Waals surface area contributed by atoms with Gasteiger partial charge in [0, 0.05) is 6.61 Å². The summed E-state index contributed by atoms with van der Waals surface area (Å²) in [6, 6.07) is 10.6. The molecule has 1 aliphatic carbocycles. The zero-order valence-electron chi connectivity index (χ0n) is 9.28. The summed E-state index contributed by atoms with van der Waals surface area (Å²) in [4.78, 5) is 0. The van der Waals surface area contributed by atoms with Gasteiger partial charge < -0.3 is 4.74 Å². The van der Waals surface area contributed by atoms with Gasteiger partial charge in [-0.1, -0.05) is 36.4 Å². The van der Waals surface area contributed by atoms with Gasteiger partial charge in [-0.3, -0.25) is 0 Å². The van der Waals surface area contributed by atoms with E-state index in [0.717, 1.165) is 6.61 Å². The van der Waals surface area contributed by atoms with E-state index in [-0.39, 0.29) is 0 Å². The molecule has 0 spiro atoms. The van der Waals surface area contributed by atoms with Crippen LogP contribution in [0, 0.1) is 0 Å². The van der Waals surface area contributed by atoms with Crippen LogP contribution in [-0.4, -0.2) is 12.7 Å². The van der Waals surface area contributed by atoms with E-state index in [1.165, 1.54) is 30.4 Å². The maximum absolute atomic E-state index is 5.66. The molecule has 0 N–H and O–H groups in total. The number of ether oxygens (including phenoxy) is 1. The van der Waals surface area contributed by atoms with Crippen LogP contribution in [0.15, 0.2) is 36.4 Å². The highest BCUT2D eigenvalue weighted by molar-refractivity contribution is 5.66. The van der Waals surface area contributed by atoms with Crippen molar-refractivity contribution in [2.24, 2.45) is 0 Å². The van der Waals surface area contributed by atoms with Crippen molar-refractivity contribution in [2.45, 2.75) is 32.3 Å². The standard InChI is InChI=1S/C14H18O/c1-2-15-14-10-6-9-13(11-14)12-7-4-3-5-8-12/h3-5,7-8,11,14H,2,6,9-10H2,1H3. The second kappa shape index (κ2) is 5.13. The summed E-state index contributed by atoms with van der Waals surface area (Å²) >= 11 is 0. The van der Waals surface area contributed by atoms with Gasteiger partial charge in [0.1, 0.15) is 0 Å². The molecular weight excluding hydrogens is 184 g/mol. The summed E-state index contributed by atoms with van der Waals surface area (Å²) in [5.74, 6) is 0. The SMILES string of the molecule is CCOC1C=C(c2ccccc2)CCC1. The van der Waals surface area contributed by atoms with Crippen molar-refractivity contribution < 1.29 is 4.74 Å². The summed E-state index contributed by atoms with van der Waals surface area (Å²) in [5, 5.41) is 0. The summed E-state index contributed by atoms with van der Waals surface area (Å²) in [6.45, 7) is 2.87. The summed E-state index contributed by atoms with van der Waals surface area (Å²) in [5.41, 5.74) is 2.79. The molecule has 0 saturated heterocycles. The van der Waals surface area contributed by atoms with Crippen molar-refractivity contribution in [3.63, 3.8) is 0 Å². The molecule has 1 aromatic rings. The topological polar surface area (TPSA) is 9.23 Å². The van der Waals surface area contributed by atoms with Gasteiger partial charge in [-0.05, 0) is 37.3 Å². The molecule has 1 aliphatic rings. The fourth-order valence-electron chi connectivity index (χ4n) is 2.12. The van der Waals surface area contributed by atoms with Crippen molar-refractivity contribution in [3.8, 4) is 0 Å². The average molecular weight is 202 g/mol. The lowest BCUT2D eigenvalue weighted by Crippen LogP contribution is -2.14. The zero-order chi connectivity index (χ0) is 10.5. The van der Waals surface area contributed by atoms with Crippen LogP contribution in [0.5, 0.6) is 0 Å². The van der Waals surface area contributed by atoms with E-state index in [1.54, 1.807) is 0 Å². The first-order valence-corrected chi connectivity index (χ1v) is 5.78. The van der Waals surface area contributed by atoms with Crippen LogP contribution < -0.4 is 0 Å². The molecule has 0 saturated carbocycles. The molecule has 0 fully saturated rings. The third-order valence-corrected chi connectivity index (χ3v) is 2.85. The number of benzene rings is 1. The average Bonchev–Trinajstić information content (AvgIpc) is 2.31. The Bertz CT molecular complexity index is 326. The quantitative estimate of drug-likeness (QED) is 0.726. The van der Waals surface area contributed by atoms with Crippen LogP contribution in [0.1, 0.15) is 31.7 Å². The Hall–Kier alpha value is -1.08. The minimum absolute atomic E-state index is 0.332. The van der Waals surface area contributed by atoms with Gasteiger partial charge in [0.2, 0.25) is 0 Å². The largest absolute Gasteiger partial charge is 0.374 e. The maximum atomic E-state index is 5.66. The maximum Gasteiger partial charge on any atom is 0.0761 e. The highest BCUT2D eigenvalue weighted by Crippen LogP contribution is 2.27. The third kappa shape index (κ3) is 2.69. The number of hydrogen-bond acceptors (Lipinski definition) is 1. The van der Waals surface area contributed by atoms with E-state index in [4.69, 9.17) is 4.74 Å². The number of rotatable bonds is 3. The first kappa shape index (κ1) is 10.4. The Morgan fingerprint density at radius 3 is 2.80 bits per heavy atom. The number of hydrogen-bond donors (Lipinski definition) is 0. The Labute approximate surface area is 91.8 Å². The summed E-state index contributed by atoms with van der Waals surface area (Å²) in [6.07, 6.45) is 6.23. The summed E-state index contributed by atoms with van der Waals surface area (Å²) in [7, 11) is 0. The molecular formula is C14H18O. The molecule has 0 heterocycles. The Balaban J connectivity index is 2.15. The molecule has 1 unspecified atom stereocenters. The molecule has 1 nitrogen and oxygen atoms in total. The Kier molecular flexibility index (Phi) is 3.57. The van der Waals surface area contributed by atoms with E-state index in [9.17, 15) is 0 Å². The zero-order valence-corrected chi connectivity index (χ0v) is 9.28. The molecule has 0 radical (unpaired) electrons. The Morgan fingerprint density at radius 1 is 1.27 bits per heavy atom. The van der Waals surface area contributed by atoms with Crippen LogP contribution in [-0.2, 0) is 4.74 Å². The van der Waals surface area contributed by atoms with Crippen molar-refractivity contribution in [1.82, 2.24) is 0 Å². The van der Waals surface area contributed by atoms with E-state index in [2.05, 4.69) is 43.3 Å². The van der Waals surface area contributed by atoms with E-state index in [0.29, 0.717) is 6.10 Å². The lowest BCUT2D eigenvalue weighted by molar-refractivity contribution is 0.0868. The van der Waals surface area contributed by atoms with Crippen molar-refractivity contribution >= 4 is 5.57 Å². The van der Waals surface area contributed by atoms with E-state index < -0.39 is 0 Å². The minimum atomic E-state index is 0.332. The van der Waals surface area contributed by atoms with Crippen molar-refractivity contribution in [3.05, 3.63) is 42.0 Å². The van der Waals surface area contributed by atoms with Crippen LogP contribution in [0.25, 0.3) is 5.57 Å². The number of allylic oxidation sites excluding steroid dienone is 1. The second-order valence-corrected chi connectivity index (χ2v) is 3.94. The molecule has 15 heavy (non-hydrogen) atoms.